The number of amides is 1. The van der Waals surface area contributed by atoms with Crippen molar-refractivity contribution in [2.75, 3.05) is 46.3 Å². The zero-order valence-electron chi connectivity index (χ0n) is 19.5. The lowest BCUT2D eigenvalue weighted by molar-refractivity contribution is -0.122. The van der Waals surface area contributed by atoms with Crippen molar-refractivity contribution in [2.24, 2.45) is 0 Å². The zero-order valence-corrected chi connectivity index (χ0v) is 19.5. The third kappa shape index (κ3) is 8.67. The molecule has 0 radical (unpaired) electrons. The van der Waals surface area contributed by atoms with Crippen LogP contribution >= 0.6 is 0 Å². The first-order valence-corrected chi connectivity index (χ1v) is 11.7. The summed E-state index contributed by atoms with van der Waals surface area (Å²) < 4.78 is 0. The molecule has 174 valence electrons. The highest BCUT2D eigenvalue weighted by Crippen LogP contribution is 2.05. The minimum atomic E-state index is -0.272. The minimum Gasteiger partial charge on any atom is -0.351 e. The van der Waals surface area contributed by atoms with Crippen molar-refractivity contribution in [3.63, 3.8) is 0 Å². The van der Waals surface area contributed by atoms with Crippen LogP contribution in [0.15, 0.2) is 48.7 Å². The first-order chi connectivity index (χ1) is 15.6. The molecule has 1 aromatic heterocycles. The van der Waals surface area contributed by atoms with Gasteiger partial charge in [-0.3, -0.25) is 9.78 Å². The number of rotatable bonds is 12. The van der Waals surface area contributed by atoms with Crippen molar-refractivity contribution in [3.8, 4) is 0 Å². The van der Waals surface area contributed by atoms with Crippen molar-refractivity contribution in [1.29, 1.82) is 0 Å². The molecule has 1 saturated heterocycles. The van der Waals surface area contributed by atoms with Gasteiger partial charge in [-0.1, -0.05) is 30.3 Å². The monoisotopic (exact) mass is 438 g/mol. The molecular formula is C25H38N6O. The van der Waals surface area contributed by atoms with Crippen LogP contribution in [0.1, 0.15) is 30.2 Å². The second-order valence-electron chi connectivity index (χ2n) is 8.63. The van der Waals surface area contributed by atoms with Gasteiger partial charge in [0.25, 0.3) is 0 Å². The van der Waals surface area contributed by atoms with Crippen LogP contribution in [-0.4, -0.2) is 73.0 Å². The third-order valence-electron chi connectivity index (χ3n) is 5.95. The topological polar surface area (TPSA) is 72.5 Å². The lowest BCUT2D eigenvalue weighted by atomic mass is 10.1. The summed E-state index contributed by atoms with van der Waals surface area (Å²) in [4.78, 5) is 21.5. The number of aromatic nitrogens is 1. The molecule has 2 aromatic rings. The fourth-order valence-electron chi connectivity index (χ4n) is 3.70. The molecule has 7 heteroatoms. The van der Waals surface area contributed by atoms with Crippen LogP contribution in [0.5, 0.6) is 0 Å². The molecule has 1 atom stereocenters. The quantitative estimate of drug-likeness (QED) is 0.437. The summed E-state index contributed by atoms with van der Waals surface area (Å²) in [6.07, 6.45) is 2.94. The molecular weight excluding hydrogens is 400 g/mol. The van der Waals surface area contributed by atoms with Gasteiger partial charge in [0.15, 0.2) is 0 Å². The average molecular weight is 439 g/mol. The number of likely N-dealkylation sites (N-methyl/N-ethyl adjacent to an activating group) is 1. The molecule has 0 aliphatic carbocycles. The van der Waals surface area contributed by atoms with Gasteiger partial charge in [0.2, 0.25) is 5.91 Å². The molecule has 2 heterocycles. The number of pyridine rings is 1. The SMILES string of the molecule is C[C@H](NCc1ccccn1)C(=O)NCc1ccc(CNCCCN2CCN(C)CC2)cc1. The maximum absolute atomic E-state index is 12.3. The number of carbonyl (C=O) groups excluding carboxylic acids is 1. The molecule has 0 bridgehead atoms. The van der Waals surface area contributed by atoms with Gasteiger partial charge in [0.1, 0.15) is 0 Å². The molecule has 0 spiro atoms. The number of nitrogens with one attached hydrogen (secondary N) is 3. The average Bonchev–Trinajstić information content (AvgIpc) is 2.83. The molecule has 3 N–H and O–H groups in total. The smallest absolute Gasteiger partial charge is 0.237 e. The zero-order chi connectivity index (χ0) is 22.6. The summed E-state index contributed by atoms with van der Waals surface area (Å²) in [6, 6.07) is 14.0. The molecule has 1 aliphatic heterocycles. The van der Waals surface area contributed by atoms with E-state index >= 15 is 0 Å². The van der Waals surface area contributed by atoms with Crippen LogP contribution < -0.4 is 16.0 Å². The highest BCUT2D eigenvalue weighted by Gasteiger charge is 2.13. The predicted molar refractivity (Wildman–Crippen MR) is 129 cm³/mol. The molecule has 0 saturated carbocycles. The van der Waals surface area contributed by atoms with Crippen LogP contribution in [0.2, 0.25) is 0 Å². The lowest BCUT2D eigenvalue weighted by Crippen LogP contribution is -2.45. The van der Waals surface area contributed by atoms with E-state index in [-0.39, 0.29) is 11.9 Å². The molecule has 1 fully saturated rings. The van der Waals surface area contributed by atoms with E-state index in [1.807, 2.05) is 25.1 Å². The Morgan fingerprint density at radius 2 is 1.72 bits per heavy atom. The van der Waals surface area contributed by atoms with Crippen LogP contribution in [0.3, 0.4) is 0 Å². The van der Waals surface area contributed by atoms with Gasteiger partial charge in [-0.15, -0.1) is 0 Å². The second-order valence-corrected chi connectivity index (χ2v) is 8.63. The van der Waals surface area contributed by atoms with Crippen LogP contribution in [0.25, 0.3) is 0 Å². The van der Waals surface area contributed by atoms with Gasteiger partial charge in [-0.25, -0.2) is 0 Å². The Kier molecular flexibility index (Phi) is 10.1. The van der Waals surface area contributed by atoms with Gasteiger partial charge >= 0.3 is 0 Å². The van der Waals surface area contributed by atoms with E-state index in [1.54, 1.807) is 6.20 Å². The second kappa shape index (κ2) is 13.3. The van der Waals surface area contributed by atoms with E-state index in [0.717, 1.165) is 24.3 Å². The van der Waals surface area contributed by atoms with Crippen molar-refractivity contribution in [1.82, 2.24) is 30.7 Å². The molecule has 1 aliphatic rings. The number of nitrogens with zero attached hydrogens (tertiary/aromatic N) is 3. The fraction of sp³-hybridized carbons (Fsp3) is 0.520. The Morgan fingerprint density at radius 1 is 1.00 bits per heavy atom. The van der Waals surface area contributed by atoms with Crippen molar-refractivity contribution < 1.29 is 4.79 Å². The van der Waals surface area contributed by atoms with Gasteiger partial charge < -0.3 is 25.8 Å². The number of benzene rings is 1. The summed E-state index contributed by atoms with van der Waals surface area (Å²) in [5.41, 5.74) is 3.30. The normalized spacial score (nSPS) is 16.1. The van der Waals surface area contributed by atoms with Gasteiger partial charge in [-0.05, 0) is 56.7 Å². The van der Waals surface area contributed by atoms with E-state index in [4.69, 9.17) is 0 Å². The Labute approximate surface area is 192 Å². The van der Waals surface area contributed by atoms with Gasteiger partial charge in [0, 0.05) is 52.0 Å². The summed E-state index contributed by atoms with van der Waals surface area (Å²) in [5, 5.41) is 9.76. The standard InChI is InChI=1S/C25H38N6O/c1-21(28-20-24-6-3-4-12-27-24)25(32)29-19-23-9-7-22(8-10-23)18-26-11-5-13-31-16-14-30(2)15-17-31/h3-4,6-10,12,21,26,28H,5,11,13-20H2,1-2H3,(H,29,32)/t21-/m0/s1. The van der Waals surface area contributed by atoms with Gasteiger partial charge in [0.05, 0.1) is 11.7 Å². The molecule has 7 nitrogen and oxygen atoms in total. The maximum Gasteiger partial charge on any atom is 0.237 e. The molecule has 32 heavy (non-hydrogen) atoms. The predicted octanol–water partition coefficient (Wildman–Crippen LogP) is 1.60. The van der Waals surface area contributed by atoms with Crippen molar-refractivity contribution >= 4 is 5.91 Å². The summed E-state index contributed by atoms with van der Waals surface area (Å²) in [5.74, 6) is -0.00738. The summed E-state index contributed by atoms with van der Waals surface area (Å²) in [7, 11) is 2.20. The largest absolute Gasteiger partial charge is 0.351 e. The lowest BCUT2D eigenvalue weighted by Gasteiger charge is -2.32. The van der Waals surface area contributed by atoms with E-state index in [9.17, 15) is 4.79 Å². The highest BCUT2D eigenvalue weighted by molar-refractivity contribution is 5.81. The van der Waals surface area contributed by atoms with Crippen LogP contribution in [0.4, 0.5) is 0 Å². The van der Waals surface area contributed by atoms with Crippen LogP contribution in [0, 0.1) is 0 Å². The first kappa shape index (κ1) is 24.3. The fourth-order valence-corrected chi connectivity index (χ4v) is 3.70. The summed E-state index contributed by atoms with van der Waals surface area (Å²) >= 11 is 0. The number of piperazine rings is 1. The number of carbonyl (C=O) groups is 1. The van der Waals surface area contributed by atoms with E-state index in [0.29, 0.717) is 13.1 Å². The first-order valence-electron chi connectivity index (χ1n) is 11.7. The highest BCUT2D eigenvalue weighted by atomic mass is 16.2. The Balaban J connectivity index is 1.27. The van der Waals surface area contributed by atoms with Crippen molar-refractivity contribution in [2.45, 2.75) is 39.0 Å². The number of hydrogen-bond donors (Lipinski definition) is 3. The van der Waals surface area contributed by atoms with E-state index < -0.39 is 0 Å². The number of hydrogen-bond acceptors (Lipinski definition) is 6. The van der Waals surface area contributed by atoms with E-state index in [1.165, 1.54) is 44.7 Å². The Hall–Kier alpha value is -2.32. The van der Waals surface area contributed by atoms with Crippen molar-refractivity contribution in [3.05, 3.63) is 65.5 Å². The third-order valence-corrected chi connectivity index (χ3v) is 5.95. The van der Waals surface area contributed by atoms with Crippen LogP contribution in [-0.2, 0) is 24.4 Å². The molecule has 1 aromatic carbocycles. The molecule has 0 unspecified atom stereocenters. The van der Waals surface area contributed by atoms with Gasteiger partial charge in [-0.2, -0.15) is 0 Å². The Bertz CT molecular complexity index is 790. The minimum absolute atomic E-state index is 0.00738. The van der Waals surface area contributed by atoms with E-state index in [2.05, 4.69) is 62.0 Å². The molecule has 3 rings (SSSR count). The summed E-state index contributed by atoms with van der Waals surface area (Å²) in [6.45, 7) is 10.8. The Morgan fingerprint density at radius 3 is 2.41 bits per heavy atom. The molecule has 1 amide bonds. The maximum atomic E-state index is 12.3.